The van der Waals surface area contributed by atoms with Crippen LogP contribution in [0.2, 0.25) is 0 Å². The Morgan fingerprint density at radius 2 is 1.75 bits per heavy atom. The molecule has 0 saturated carbocycles. The molecule has 4 nitrogen and oxygen atoms in total. The average molecular weight is 301 g/mol. The van der Waals surface area contributed by atoms with Crippen molar-refractivity contribution in [3.8, 4) is 0 Å². The third-order valence-electron chi connectivity index (χ3n) is 2.78. The summed E-state index contributed by atoms with van der Waals surface area (Å²) in [4.78, 5) is 19.5. The lowest BCUT2D eigenvalue weighted by Crippen LogP contribution is -2.34. The van der Waals surface area contributed by atoms with Gasteiger partial charge in [-0.05, 0) is 32.6 Å². The number of nitrogens with zero attached hydrogens (tertiary/aromatic N) is 2. The molecule has 20 heavy (non-hydrogen) atoms. The fourth-order valence-corrected chi connectivity index (χ4v) is 1.59. The molecule has 1 rings (SSSR count). The summed E-state index contributed by atoms with van der Waals surface area (Å²) in [5.74, 6) is -0.282. The molecular weight excluding hydrogens is 276 g/mol. The van der Waals surface area contributed by atoms with Crippen molar-refractivity contribution in [2.45, 2.75) is 19.8 Å². The van der Waals surface area contributed by atoms with Gasteiger partial charge in [-0.1, -0.05) is 31.5 Å². The lowest BCUT2D eigenvalue weighted by Gasteiger charge is -2.22. The van der Waals surface area contributed by atoms with E-state index in [4.69, 9.17) is 4.84 Å². The normalized spacial score (nSPS) is 10.4. The Morgan fingerprint density at radius 1 is 1.10 bits per heavy atom. The number of carbonyl (C=O) groups excluding carboxylic acids is 1. The summed E-state index contributed by atoms with van der Waals surface area (Å²) in [5, 5.41) is 1.76. The van der Waals surface area contributed by atoms with E-state index in [1.54, 1.807) is 17.2 Å². The van der Waals surface area contributed by atoms with Gasteiger partial charge >= 0.3 is 5.97 Å². The summed E-state index contributed by atoms with van der Waals surface area (Å²) in [7, 11) is 4.02. The van der Waals surface area contributed by atoms with Crippen LogP contribution in [0.25, 0.3) is 0 Å². The zero-order valence-electron chi connectivity index (χ0n) is 12.5. The number of unbranched alkanes of at least 4 members (excludes halogenated alkanes) is 1. The predicted molar refractivity (Wildman–Crippen MR) is 84.1 cm³/mol. The quantitative estimate of drug-likeness (QED) is 0.691. The number of hydrogen-bond donors (Lipinski definition) is 0. The molecule has 0 amide bonds. The van der Waals surface area contributed by atoms with Crippen molar-refractivity contribution in [1.82, 2.24) is 9.96 Å². The molecule has 0 spiro atoms. The molecule has 0 fully saturated rings. The van der Waals surface area contributed by atoms with Crippen LogP contribution in [0.3, 0.4) is 0 Å². The maximum atomic E-state index is 12.0. The number of halogens is 1. The number of hydrogen-bond acceptors (Lipinski definition) is 4. The predicted octanol–water partition coefficient (Wildman–Crippen LogP) is 2.84. The van der Waals surface area contributed by atoms with Crippen LogP contribution in [0.1, 0.15) is 30.1 Å². The highest BCUT2D eigenvalue weighted by Crippen LogP contribution is 2.05. The van der Waals surface area contributed by atoms with Crippen molar-refractivity contribution in [3.05, 3.63) is 35.9 Å². The SMILES string of the molecule is CCCCN(CCN(C)C)OC(=O)c1ccccc1.Cl. The van der Waals surface area contributed by atoms with E-state index < -0.39 is 0 Å². The molecule has 1 aromatic rings. The van der Waals surface area contributed by atoms with E-state index >= 15 is 0 Å². The van der Waals surface area contributed by atoms with Gasteiger partial charge in [0.1, 0.15) is 0 Å². The van der Waals surface area contributed by atoms with Gasteiger partial charge in [-0.15, -0.1) is 17.5 Å². The Balaban J connectivity index is 0.00000361. The van der Waals surface area contributed by atoms with Gasteiger partial charge in [0.15, 0.2) is 0 Å². The highest BCUT2D eigenvalue weighted by atomic mass is 35.5. The van der Waals surface area contributed by atoms with Crippen LogP contribution in [-0.2, 0) is 4.84 Å². The van der Waals surface area contributed by atoms with Crippen molar-refractivity contribution in [2.75, 3.05) is 33.7 Å². The summed E-state index contributed by atoms with van der Waals surface area (Å²) >= 11 is 0. The number of rotatable bonds is 8. The van der Waals surface area contributed by atoms with E-state index in [0.29, 0.717) is 5.56 Å². The fraction of sp³-hybridized carbons (Fsp3) is 0.533. The average Bonchev–Trinajstić information content (AvgIpc) is 2.42. The van der Waals surface area contributed by atoms with Crippen molar-refractivity contribution in [2.24, 2.45) is 0 Å². The Hall–Kier alpha value is -1.10. The van der Waals surface area contributed by atoms with E-state index in [1.165, 1.54) is 0 Å². The summed E-state index contributed by atoms with van der Waals surface area (Å²) in [6.45, 7) is 4.50. The van der Waals surface area contributed by atoms with Gasteiger partial charge in [-0.2, -0.15) is 0 Å². The molecule has 0 saturated heterocycles. The van der Waals surface area contributed by atoms with E-state index in [1.807, 2.05) is 32.3 Å². The second kappa shape index (κ2) is 10.7. The first-order valence-corrected chi connectivity index (χ1v) is 6.80. The van der Waals surface area contributed by atoms with Crippen molar-refractivity contribution in [1.29, 1.82) is 0 Å². The van der Waals surface area contributed by atoms with Crippen LogP contribution >= 0.6 is 12.4 Å². The molecule has 0 unspecified atom stereocenters. The Bertz CT molecular complexity index is 371. The molecule has 0 aliphatic carbocycles. The lowest BCUT2D eigenvalue weighted by atomic mass is 10.2. The van der Waals surface area contributed by atoms with Gasteiger partial charge < -0.3 is 9.74 Å². The smallest absolute Gasteiger partial charge is 0.357 e. The van der Waals surface area contributed by atoms with Crippen molar-refractivity contribution >= 4 is 18.4 Å². The zero-order valence-corrected chi connectivity index (χ0v) is 13.4. The molecule has 0 atom stereocenters. The van der Waals surface area contributed by atoms with Gasteiger partial charge in [-0.25, -0.2) is 4.79 Å². The van der Waals surface area contributed by atoms with Crippen molar-refractivity contribution in [3.63, 3.8) is 0 Å². The Kier molecular flexibility index (Phi) is 10.1. The van der Waals surface area contributed by atoms with Gasteiger partial charge in [0.25, 0.3) is 0 Å². The molecule has 0 aromatic heterocycles. The summed E-state index contributed by atoms with van der Waals surface area (Å²) in [6.07, 6.45) is 2.11. The second-order valence-corrected chi connectivity index (χ2v) is 4.83. The highest BCUT2D eigenvalue weighted by molar-refractivity contribution is 5.89. The topological polar surface area (TPSA) is 32.8 Å². The minimum Gasteiger partial charge on any atom is -0.364 e. The molecule has 5 heteroatoms. The van der Waals surface area contributed by atoms with Crippen LogP contribution in [0.4, 0.5) is 0 Å². The van der Waals surface area contributed by atoms with Crippen LogP contribution in [-0.4, -0.2) is 49.7 Å². The number of likely N-dealkylation sites (N-methyl/N-ethyl adjacent to an activating group) is 1. The number of benzene rings is 1. The van der Waals surface area contributed by atoms with Gasteiger partial charge in [0.2, 0.25) is 0 Å². The Morgan fingerprint density at radius 3 is 2.30 bits per heavy atom. The summed E-state index contributed by atoms with van der Waals surface area (Å²) < 4.78 is 0. The minimum atomic E-state index is -0.282. The van der Waals surface area contributed by atoms with Crippen LogP contribution < -0.4 is 0 Å². The van der Waals surface area contributed by atoms with Crippen molar-refractivity contribution < 1.29 is 9.63 Å². The van der Waals surface area contributed by atoms with Gasteiger partial charge in [0, 0.05) is 19.6 Å². The minimum absolute atomic E-state index is 0. The third kappa shape index (κ3) is 7.48. The largest absolute Gasteiger partial charge is 0.364 e. The lowest BCUT2D eigenvalue weighted by molar-refractivity contribution is -0.112. The van der Waals surface area contributed by atoms with Crippen LogP contribution in [0, 0.1) is 0 Å². The molecule has 1 aromatic carbocycles. The molecular formula is C15H25ClN2O2. The van der Waals surface area contributed by atoms with Gasteiger partial charge in [-0.3, -0.25) is 0 Å². The standard InChI is InChI=1S/C15H24N2O2.ClH/c1-4-5-11-17(13-12-16(2)3)19-15(18)14-9-7-6-8-10-14;/h6-10H,4-5,11-13H2,1-3H3;1H. The summed E-state index contributed by atoms with van der Waals surface area (Å²) in [5.41, 5.74) is 0.592. The maximum absolute atomic E-state index is 12.0. The highest BCUT2D eigenvalue weighted by Gasteiger charge is 2.13. The first-order valence-electron chi connectivity index (χ1n) is 6.80. The molecule has 114 valence electrons. The Labute approximate surface area is 128 Å². The van der Waals surface area contributed by atoms with E-state index in [-0.39, 0.29) is 18.4 Å². The monoisotopic (exact) mass is 300 g/mol. The first kappa shape index (κ1) is 18.9. The zero-order chi connectivity index (χ0) is 14.1. The van der Waals surface area contributed by atoms with E-state index in [2.05, 4.69) is 11.8 Å². The fourth-order valence-electron chi connectivity index (χ4n) is 1.59. The van der Waals surface area contributed by atoms with E-state index in [0.717, 1.165) is 32.5 Å². The number of hydroxylamine groups is 2. The molecule has 0 bridgehead atoms. The van der Waals surface area contributed by atoms with Gasteiger partial charge in [0.05, 0.1) is 5.56 Å². The van der Waals surface area contributed by atoms with Crippen LogP contribution in [0.5, 0.6) is 0 Å². The van der Waals surface area contributed by atoms with Crippen LogP contribution in [0.15, 0.2) is 30.3 Å². The third-order valence-corrected chi connectivity index (χ3v) is 2.78. The van der Waals surface area contributed by atoms with E-state index in [9.17, 15) is 4.79 Å². The molecule has 0 radical (unpaired) electrons. The first-order chi connectivity index (χ1) is 9.13. The molecule has 0 aliphatic heterocycles. The number of carbonyl (C=O) groups is 1. The maximum Gasteiger partial charge on any atom is 0.357 e. The molecule has 0 aliphatic rings. The molecule has 0 heterocycles. The summed E-state index contributed by atoms with van der Waals surface area (Å²) in [6, 6.07) is 9.11. The molecule has 0 N–H and O–H groups in total. The second-order valence-electron chi connectivity index (χ2n) is 4.83.